The van der Waals surface area contributed by atoms with Crippen molar-refractivity contribution in [3.8, 4) is 5.88 Å². The number of aliphatic hydroxyl groups excluding tert-OH is 1. The van der Waals surface area contributed by atoms with Crippen molar-refractivity contribution in [1.82, 2.24) is 34.4 Å². The highest BCUT2D eigenvalue weighted by Crippen LogP contribution is 2.57. The second kappa shape index (κ2) is 12.7. The summed E-state index contributed by atoms with van der Waals surface area (Å²) in [6, 6.07) is -2.56. The molecule has 2 saturated heterocycles. The Bertz CT molecular complexity index is 1470. The lowest BCUT2D eigenvalue weighted by molar-refractivity contribution is -0.149. The second-order valence-electron chi connectivity index (χ2n) is 10.8. The minimum Gasteiger partial charge on any atom is -0.479 e. The fourth-order valence-electron chi connectivity index (χ4n) is 4.71. The van der Waals surface area contributed by atoms with Crippen LogP contribution < -0.4 is 15.6 Å². The first-order chi connectivity index (χ1) is 20.5. The molecule has 2 aromatic heterocycles. The molecule has 3 amide bonds. The van der Waals surface area contributed by atoms with Crippen LogP contribution in [0.1, 0.15) is 33.9 Å². The lowest BCUT2D eigenvalue weighted by Gasteiger charge is -2.27. The van der Waals surface area contributed by atoms with Crippen LogP contribution in [0.2, 0.25) is 0 Å². The molecule has 0 saturated carbocycles. The summed E-state index contributed by atoms with van der Waals surface area (Å²) in [6.07, 6.45) is -3.16. The van der Waals surface area contributed by atoms with E-state index in [0.717, 1.165) is 4.90 Å². The van der Waals surface area contributed by atoms with E-state index in [9.17, 15) is 29.2 Å². The number of rotatable bonds is 12. The van der Waals surface area contributed by atoms with Crippen molar-refractivity contribution >= 4 is 53.1 Å². The van der Waals surface area contributed by atoms with Crippen LogP contribution in [0.5, 0.6) is 5.88 Å². The summed E-state index contributed by atoms with van der Waals surface area (Å²) in [5, 5.41) is 25.0. The SMILES string of the molecule is COc1nc(N)nc2c1ncn2[C@@H]1O[C@H](CO[P@](=O)(N[C@@H](C)C(=O)OC(C)C)SC[C@H]2C(=O)N(C)C(=O)N2C)[C@@H](O)[C@@]1(C)O. The van der Waals surface area contributed by atoms with Crippen LogP contribution in [0.3, 0.4) is 0 Å². The number of nitrogen functional groups attached to an aromatic ring is 1. The predicted octanol–water partition coefficient (Wildman–Crippen LogP) is 0.106. The molecule has 0 unspecified atom stereocenters. The number of amides is 3. The van der Waals surface area contributed by atoms with Gasteiger partial charge in [0.1, 0.15) is 29.9 Å². The number of hydrogen-bond acceptors (Lipinski definition) is 15. The van der Waals surface area contributed by atoms with Crippen LogP contribution in [-0.4, -0.2) is 127 Å². The molecule has 0 aliphatic carbocycles. The number of hydrogen-bond donors (Lipinski definition) is 4. The molecule has 4 heterocycles. The maximum Gasteiger partial charge on any atom is 0.327 e. The van der Waals surface area contributed by atoms with Gasteiger partial charge in [0.25, 0.3) is 5.91 Å². The Kier molecular flexibility index (Phi) is 9.80. The van der Waals surface area contributed by atoms with Crippen LogP contribution in [0.15, 0.2) is 6.33 Å². The molecular formula is C24H37N8O10PS. The first-order valence-electron chi connectivity index (χ1n) is 13.5. The first-order valence-corrected chi connectivity index (χ1v) is 16.7. The number of fused-ring (bicyclic) bond motifs is 1. The highest BCUT2D eigenvalue weighted by molar-refractivity contribution is 8.56. The van der Waals surface area contributed by atoms with Crippen molar-refractivity contribution in [2.45, 2.75) is 69.9 Å². The molecule has 4 rings (SSSR count). The molecule has 0 aromatic carbocycles. The zero-order valence-electron chi connectivity index (χ0n) is 25.2. The molecule has 2 aliphatic heterocycles. The number of methoxy groups -OCH3 is 1. The van der Waals surface area contributed by atoms with Gasteiger partial charge in [0.2, 0.25) is 11.8 Å². The highest BCUT2D eigenvalue weighted by Gasteiger charge is 2.54. The topological polar surface area (TPSA) is 234 Å². The van der Waals surface area contributed by atoms with Gasteiger partial charge in [-0.05, 0) is 27.7 Å². The Morgan fingerprint density at radius 1 is 1.30 bits per heavy atom. The van der Waals surface area contributed by atoms with E-state index in [4.69, 9.17) is 24.5 Å². The van der Waals surface area contributed by atoms with Gasteiger partial charge < -0.3 is 39.6 Å². The number of aromatic nitrogens is 4. The predicted molar refractivity (Wildman–Crippen MR) is 156 cm³/mol. The van der Waals surface area contributed by atoms with Gasteiger partial charge in [0, 0.05) is 19.8 Å². The molecule has 0 spiro atoms. The molecule has 0 bridgehead atoms. The van der Waals surface area contributed by atoms with Gasteiger partial charge in [-0.25, -0.2) is 14.9 Å². The second-order valence-corrected chi connectivity index (χ2v) is 15.2. The van der Waals surface area contributed by atoms with Crippen molar-refractivity contribution in [3.05, 3.63) is 6.33 Å². The van der Waals surface area contributed by atoms with E-state index >= 15 is 0 Å². The van der Waals surface area contributed by atoms with Gasteiger partial charge in [0.15, 0.2) is 17.4 Å². The molecule has 2 aliphatic rings. The largest absolute Gasteiger partial charge is 0.479 e. The first kappa shape index (κ1) is 33.8. The fourth-order valence-corrected chi connectivity index (χ4v) is 8.68. The molecule has 2 aromatic rings. The minimum atomic E-state index is -4.06. The van der Waals surface area contributed by atoms with E-state index in [0.29, 0.717) is 11.4 Å². The smallest absolute Gasteiger partial charge is 0.327 e. The van der Waals surface area contributed by atoms with E-state index in [1.807, 2.05) is 0 Å². The number of esters is 1. The summed E-state index contributed by atoms with van der Waals surface area (Å²) in [5.41, 5.74) is 4.28. The number of ether oxygens (including phenoxy) is 3. The third-order valence-corrected chi connectivity index (χ3v) is 11.2. The molecule has 2 fully saturated rings. The number of urea groups is 1. The summed E-state index contributed by atoms with van der Waals surface area (Å²) >= 11 is 0.701. The third kappa shape index (κ3) is 6.49. The van der Waals surface area contributed by atoms with Crippen LogP contribution >= 0.6 is 18.1 Å². The maximum atomic E-state index is 14.1. The number of nitrogens with zero attached hydrogens (tertiary/aromatic N) is 6. The van der Waals surface area contributed by atoms with Gasteiger partial charge in [-0.1, -0.05) is 11.4 Å². The van der Waals surface area contributed by atoms with Crippen LogP contribution in [0.25, 0.3) is 11.2 Å². The fraction of sp³-hybridized carbons (Fsp3) is 0.667. The summed E-state index contributed by atoms with van der Waals surface area (Å²) in [4.78, 5) is 51.9. The van der Waals surface area contributed by atoms with E-state index < -0.39 is 73.5 Å². The quantitative estimate of drug-likeness (QED) is 0.134. The number of anilines is 1. The number of aliphatic hydroxyl groups is 2. The Balaban J connectivity index is 1.55. The summed E-state index contributed by atoms with van der Waals surface area (Å²) in [5.74, 6) is -1.36. The van der Waals surface area contributed by atoms with Gasteiger partial charge in [-0.3, -0.25) is 23.6 Å². The molecular weight excluding hydrogens is 623 g/mol. The average molecular weight is 661 g/mol. The Morgan fingerprint density at radius 2 is 1.98 bits per heavy atom. The Labute approximate surface area is 256 Å². The molecule has 244 valence electrons. The zero-order chi connectivity index (χ0) is 32.7. The van der Waals surface area contributed by atoms with E-state index in [1.54, 1.807) is 13.8 Å². The van der Waals surface area contributed by atoms with Crippen molar-refractivity contribution in [1.29, 1.82) is 0 Å². The number of imidazole rings is 1. The molecule has 18 nitrogen and oxygen atoms in total. The molecule has 0 radical (unpaired) electrons. The van der Waals surface area contributed by atoms with E-state index in [1.165, 1.54) is 50.8 Å². The summed E-state index contributed by atoms with van der Waals surface area (Å²) in [6.45, 7) is 1.50. The number of carbonyl (C=O) groups excluding carboxylic acids is 3. The zero-order valence-corrected chi connectivity index (χ0v) is 26.9. The number of nitrogens with one attached hydrogen (secondary N) is 1. The molecule has 20 heteroatoms. The van der Waals surface area contributed by atoms with Crippen molar-refractivity contribution in [2.75, 3.05) is 39.3 Å². The van der Waals surface area contributed by atoms with Crippen LogP contribution in [0.4, 0.5) is 10.7 Å². The Morgan fingerprint density at radius 3 is 2.57 bits per heavy atom. The number of nitrogens with two attached hydrogens (primary N) is 1. The minimum absolute atomic E-state index is 0.0951. The van der Waals surface area contributed by atoms with E-state index in [2.05, 4.69) is 20.0 Å². The number of likely N-dealkylation sites (N-methyl/N-ethyl adjacent to an activating group) is 2. The summed E-state index contributed by atoms with van der Waals surface area (Å²) < 4.78 is 37.6. The van der Waals surface area contributed by atoms with Gasteiger partial charge >= 0.3 is 18.7 Å². The van der Waals surface area contributed by atoms with Crippen molar-refractivity contribution in [2.24, 2.45) is 0 Å². The average Bonchev–Trinajstić information content (AvgIpc) is 3.52. The maximum absolute atomic E-state index is 14.1. The molecule has 7 atom stereocenters. The normalized spacial score (nSPS) is 27.8. The van der Waals surface area contributed by atoms with Crippen LogP contribution in [-0.2, 0) is 28.2 Å². The van der Waals surface area contributed by atoms with E-state index in [-0.39, 0.29) is 28.7 Å². The van der Waals surface area contributed by atoms with Gasteiger partial charge in [-0.15, -0.1) is 0 Å². The monoisotopic (exact) mass is 660 g/mol. The molecule has 5 N–H and O–H groups in total. The van der Waals surface area contributed by atoms with Crippen LogP contribution in [0, 0.1) is 0 Å². The number of imide groups is 1. The van der Waals surface area contributed by atoms with Crippen molar-refractivity contribution < 1.29 is 47.9 Å². The lowest BCUT2D eigenvalue weighted by atomic mass is 9.96. The molecule has 44 heavy (non-hydrogen) atoms. The van der Waals surface area contributed by atoms with Crippen molar-refractivity contribution in [3.63, 3.8) is 0 Å². The number of carbonyl (C=O) groups is 3. The highest BCUT2D eigenvalue weighted by atomic mass is 32.7. The van der Waals surface area contributed by atoms with Gasteiger partial charge in [-0.2, -0.15) is 9.97 Å². The lowest BCUT2D eigenvalue weighted by Crippen LogP contribution is -2.44. The third-order valence-electron chi connectivity index (χ3n) is 7.15. The standard InChI is InChI=1S/C24H37N8O10PS/c1-11(2)41-20(35)12(3)29-43(38,44-9-13-19(34)31(6)23(36)30(13)5)40-8-14-16(33)24(4,37)21(42-14)32-10-26-15-17(32)27-22(25)28-18(15)39-7/h10-14,16,21,33,37H,8-9H2,1-7H3,(H,29,38)(H2,25,27,28)/t12-,13-,14+,16+,21+,24+,43+/m0/s1. The Hall–Kier alpha value is -3.06. The van der Waals surface area contributed by atoms with Gasteiger partial charge in [0.05, 0.1) is 26.1 Å². The summed E-state index contributed by atoms with van der Waals surface area (Å²) in [7, 11) is 4.16.